The van der Waals surface area contributed by atoms with Crippen molar-refractivity contribution >= 4 is 0 Å². The van der Waals surface area contributed by atoms with Crippen LogP contribution in [-0.4, -0.2) is 29.2 Å². The number of aromatic nitrogens is 6. The molecule has 4 aromatic rings. The molecule has 158 valence electrons. The number of rotatable bonds is 4. The number of nitrogens with zero attached hydrogens (tertiary/aromatic N) is 6. The van der Waals surface area contributed by atoms with Crippen LogP contribution in [0.4, 0.5) is 0 Å². The van der Waals surface area contributed by atoms with Gasteiger partial charge in [-0.2, -0.15) is 4.98 Å². The standard InChI is InChI=1S/C22H22N6O3/c1-12-10-19(29)27(14(3)23-12)22(28-15(4)24-13(2)11-20(28)30)18-8-6-17(7-9-18)21-25-16(5)31-26-21/h6-11,22H,1-5H3. The van der Waals surface area contributed by atoms with E-state index in [-0.39, 0.29) is 11.1 Å². The Morgan fingerprint density at radius 2 is 1.29 bits per heavy atom. The Morgan fingerprint density at radius 3 is 1.71 bits per heavy atom. The molecule has 3 aromatic heterocycles. The van der Waals surface area contributed by atoms with Gasteiger partial charge < -0.3 is 4.52 Å². The van der Waals surface area contributed by atoms with Gasteiger partial charge in [0.15, 0.2) is 0 Å². The molecule has 0 aliphatic carbocycles. The first-order valence-electron chi connectivity index (χ1n) is 9.79. The summed E-state index contributed by atoms with van der Waals surface area (Å²) in [5, 5.41) is 3.94. The van der Waals surface area contributed by atoms with Gasteiger partial charge in [0.05, 0.1) is 0 Å². The molecule has 9 heteroatoms. The van der Waals surface area contributed by atoms with Gasteiger partial charge in [0.2, 0.25) is 11.7 Å². The summed E-state index contributed by atoms with van der Waals surface area (Å²) in [6.07, 6.45) is -0.748. The van der Waals surface area contributed by atoms with Crippen molar-refractivity contribution < 1.29 is 4.52 Å². The van der Waals surface area contributed by atoms with E-state index in [0.717, 1.165) is 11.1 Å². The third-order valence-corrected chi connectivity index (χ3v) is 5.00. The average molecular weight is 418 g/mol. The minimum Gasteiger partial charge on any atom is -0.339 e. The molecule has 0 N–H and O–H groups in total. The van der Waals surface area contributed by atoms with Crippen LogP contribution in [0, 0.1) is 34.6 Å². The molecule has 0 bridgehead atoms. The Labute approximate surface area is 178 Å². The molecule has 31 heavy (non-hydrogen) atoms. The van der Waals surface area contributed by atoms with E-state index in [1.807, 2.05) is 24.3 Å². The van der Waals surface area contributed by atoms with Gasteiger partial charge in [-0.3, -0.25) is 18.7 Å². The monoisotopic (exact) mass is 418 g/mol. The fourth-order valence-electron chi connectivity index (χ4n) is 3.73. The van der Waals surface area contributed by atoms with Crippen LogP contribution in [0.15, 0.2) is 50.5 Å². The van der Waals surface area contributed by atoms with Crippen LogP contribution in [0.3, 0.4) is 0 Å². The SMILES string of the molecule is Cc1cc(=O)n(C(c2ccc(-c3noc(C)n3)cc2)n2c(C)nc(C)cc2=O)c(C)n1. The zero-order valence-corrected chi connectivity index (χ0v) is 17.9. The van der Waals surface area contributed by atoms with Crippen molar-refractivity contribution in [2.75, 3.05) is 0 Å². The molecule has 9 nitrogen and oxygen atoms in total. The Bertz CT molecular complexity index is 1320. The largest absolute Gasteiger partial charge is 0.339 e. The molecule has 0 atom stereocenters. The highest BCUT2D eigenvalue weighted by molar-refractivity contribution is 5.54. The van der Waals surface area contributed by atoms with E-state index in [9.17, 15) is 9.59 Å². The Hall–Kier alpha value is -3.88. The van der Waals surface area contributed by atoms with E-state index >= 15 is 0 Å². The molecular formula is C22H22N6O3. The Balaban J connectivity index is 1.94. The van der Waals surface area contributed by atoms with Gasteiger partial charge in [0.1, 0.15) is 17.8 Å². The van der Waals surface area contributed by atoms with Crippen molar-refractivity contribution in [2.24, 2.45) is 0 Å². The predicted octanol–water partition coefficient (Wildman–Crippen LogP) is 2.49. The molecule has 0 saturated carbocycles. The van der Waals surface area contributed by atoms with Crippen LogP contribution >= 0.6 is 0 Å². The minimum atomic E-state index is -0.748. The molecule has 0 aliphatic heterocycles. The highest BCUT2D eigenvalue weighted by Gasteiger charge is 2.23. The second-order valence-electron chi connectivity index (χ2n) is 7.44. The summed E-state index contributed by atoms with van der Waals surface area (Å²) in [6, 6.07) is 10.2. The van der Waals surface area contributed by atoms with Gasteiger partial charge in [-0.25, -0.2) is 9.97 Å². The summed E-state index contributed by atoms with van der Waals surface area (Å²) >= 11 is 0. The van der Waals surface area contributed by atoms with Crippen molar-refractivity contribution in [3.05, 3.63) is 91.6 Å². The lowest BCUT2D eigenvalue weighted by Crippen LogP contribution is -2.38. The molecule has 0 amide bonds. The second-order valence-corrected chi connectivity index (χ2v) is 7.44. The molecule has 0 unspecified atom stereocenters. The molecule has 4 rings (SSSR count). The van der Waals surface area contributed by atoms with E-state index in [1.165, 1.54) is 21.3 Å². The lowest BCUT2D eigenvalue weighted by molar-refractivity contribution is 0.394. The van der Waals surface area contributed by atoms with Crippen LogP contribution in [0.2, 0.25) is 0 Å². The maximum Gasteiger partial charge on any atom is 0.255 e. The summed E-state index contributed by atoms with van der Waals surface area (Å²) in [4.78, 5) is 39.1. The van der Waals surface area contributed by atoms with E-state index in [0.29, 0.717) is 34.8 Å². The number of hydrogen-bond donors (Lipinski definition) is 0. The Kier molecular flexibility index (Phi) is 5.10. The van der Waals surface area contributed by atoms with Crippen molar-refractivity contribution in [3.8, 4) is 11.4 Å². The van der Waals surface area contributed by atoms with E-state index in [1.54, 1.807) is 34.6 Å². The van der Waals surface area contributed by atoms with Crippen LogP contribution in [0.25, 0.3) is 11.4 Å². The first-order valence-corrected chi connectivity index (χ1v) is 9.79. The molecule has 0 spiro atoms. The maximum atomic E-state index is 13.0. The second kappa shape index (κ2) is 7.75. The third kappa shape index (κ3) is 3.81. The number of hydrogen-bond acceptors (Lipinski definition) is 7. The van der Waals surface area contributed by atoms with Gasteiger partial charge in [0.25, 0.3) is 11.1 Å². The van der Waals surface area contributed by atoms with E-state index in [2.05, 4.69) is 20.1 Å². The van der Waals surface area contributed by atoms with E-state index in [4.69, 9.17) is 4.52 Å². The van der Waals surface area contributed by atoms with Crippen molar-refractivity contribution in [1.82, 2.24) is 29.2 Å². The number of aryl methyl sites for hydroxylation is 5. The lowest BCUT2D eigenvalue weighted by Gasteiger charge is -2.26. The van der Waals surface area contributed by atoms with Crippen LogP contribution in [0.1, 0.15) is 40.7 Å². The smallest absolute Gasteiger partial charge is 0.255 e. The minimum absolute atomic E-state index is 0.250. The van der Waals surface area contributed by atoms with E-state index < -0.39 is 6.17 Å². The third-order valence-electron chi connectivity index (χ3n) is 5.00. The summed E-state index contributed by atoms with van der Waals surface area (Å²) < 4.78 is 8.06. The van der Waals surface area contributed by atoms with Crippen molar-refractivity contribution in [1.29, 1.82) is 0 Å². The van der Waals surface area contributed by atoms with Crippen LogP contribution < -0.4 is 11.1 Å². The van der Waals surface area contributed by atoms with Gasteiger partial charge in [0, 0.05) is 36.0 Å². The maximum absolute atomic E-state index is 13.0. The van der Waals surface area contributed by atoms with Crippen LogP contribution in [-0.2, 0) is 0 Å². The summed E-state index contributed by atoms with van der Waals surface area (Å²) in [7, 11) is 0. The Morgan fingerprint density at radius 1 is 0.774 bits per heavy atom. The van der Waals surface area contributed by atoms with Gasteiger partial charge in [-0.05, 0) is 33.3 Å². The van der Waals surface area contributed by atoms with Gasteiger partial charge >= 0.3 is 0 Å². The first kappa shape index (κ1) is 20.4. The quantitative estimate of drug-likeness (QED) is 0.501. The lowest BCUT2D eigenvalue weighted by atomic mass is 10.1. The topological polar surface area (TPSA) is 109 Å². The van der Waals surface area contributed by atoms with Gasteiger partial charge in [-0.15, -0.1) is 0 Å². The molecule has 1 aromatic carbocycles. The first-order chi connectivity index (χ1) is 14.7. The average Bonchev–Trinajstić information content (AvgIpc) is 3.12. The van der Waals surface area contributed by atoms with Crippen LogP contribution in [0.5, 0.6) is 0 Å². The summed E-state index contributed by atoms with van der Waals surface area (Å²) in [5.74, 6) is 1.94. The summed E-state index contributed by atoms with van der Waals surface area (Å²) in [5.41, 5.74) is 2.21. The molecular weight excluding hydrogens is 396 g/mol. The summed E-state index contributed by atoms with van der Waals surface area (Å²) in [6.45, 7) is 8.75. The fourth-order valence-corrected chi connectivity index (χ4v) is 3.73. The highest BCUT2D eigenvalue weighted by atomic mass is 16.5. The molecule has 0 fully saturated rings. The molecule has 0 saturated heterocycles. The van der Waals surface area contributed by atoms with Crippen molar-refractivity contribution in [2.45, 2.75) is 40.8 Å². The molecule has 3 heterocycles. The number of benzene rings is 1. The molecule has 0 radical (unpaired) electrons. The van der Waals surface area contributed by atoms with Gasteiger partial charge in [-0.1, -0.05) is 29.4 Å². The van der Waals surface area contributed by atoms with Crippen molar-refractivity contribution in [3.63, 3.8) is 0 Å². The zero-order chi connectivity index (χ0) is 22.3. The predicted molar refractivity (Wildman–Crippen MR) is 114 cm³/mol. The zero-order valence-electron chi connectivity index (χ0n) is 17.9. The normalized spacial score (nSPS) is 11.3. The highest BCUT2D eigenvalue weighted by Crippen LogP contribution is 2.24. The fraction of sp³-hybridized carbons (Fsp3) is 0.273. The molecule has 0 aliphatic rings.